The predicted molar refractivity (Wildman–Crippen MR) is 89.2 cm³/mol. The molecule has 0 bridgehead atoms. The highest BCUT2D eigenvalue weighted by molar-refractivity contribution is 7.08. The molecule has 22 heavy (non-hydrogen) atoms. The minimum Gasteiger partial charge on any atom is -0.451 e. The van der Waals surface area contributed by atoms with Gasteiger partial charge in [0, 0.05) is 11.6 Å². The number of hydrogen-bond acceptors (Lipinski definition) is 4. The second-order valence-corrected chi connectivity index (χ2v) is 5.91. The molecule has 1 aromatic carbocycles. The average molecular weight is 314 g/mol. The average Bonchev–Trinajstić information content (AvgIpc) is 3.00. The van der Waals surface area contributed by atoms with Crippen molar-refractivity contribution in [3.63, 3.8) is 0 Å². The highest BCUT2D eigenvalue weighted by Gasteiger charge is 2.18. The standard InChI is InChI=1S/C18H18O3S/c1-12-4-6-16(10-13(12)2)18(20)14(3)21-17(19)7-5-15-8-9-22-11-15/h4-11,14H,1-3H3/b7-5+/t14-/m0/s1. The van der Waals surface area contributed by atoms with E-state index in [-0.39, 0.29) is 5.78 Å². The summed E-state index contributed by atoms with van der Waals surface area (Å²) in [5, 5.41) is 3.85. The number of ether oxygens (including phenoxy) is 1. The molecule has 3 nitrogen and oxygen atoms in total. The largest absolute Gasteiger partial charge is 0.451 e. The molecule has 0 spiro atoms. The summed E-state index contributed by atoms with van der Waals surface area (Å²) in [6, 6.07) is 7.38. The van der Waals surface area contributed by atoms with E-state index in [1.807, 2.05) is 42.8 Å². The van der Waals surface area contributed by atoms with Crippen molar-refractivity contribution in [2.24, 2.45) is 0 Å². The number of esters is 1. The van der Waals surface area contributed by atoms with Crippen LogP contribution >= 0.6 is 11.3 Å². The maximum Gasteiger partial charge on any atom is 0.331 e. The van der Waals surface area contributed by atoms with Crippen LogP contribution in [0.3, 0.4) is 0 Å². The zero-order valence-electron chi connectivity index (χ0n) is 12.8. The molecular formula is C18H18O3S. The van der Waals surface area contributed by atoms with Gasteiger partial charge in [0.15, 0.2) is 6.10 Å². The molecule has 1 aromatic heterocycles. The minimum atomic E-state index is -0.804. The second-order valence-electron chi connectivity index (χ2n) is 5.13. The van der Waals surface area contributed by atoms with Gasteiger partial charge in [-0.1, -0.05) is 12.1 Å². The van der Waals surface area contributed by atoms with E-state index in [0.29, 0.717) is 5.56 Å². The number of aryl methyl sites for hydroxylation is 2. The molecule has 0 N–H and O–H groups in total. The summed E-state index contributed by atoms with van der Waals surface area (Å²) in [7, 11) is 0. The summed E-state index contributed by atoms with van der Waals surface area (Å²) in [6.45, 7) is 5.53. The van der Waals surface area contributed by atoms with Crippen LogP contribution in [0, 0.1) is 13.8 Å². The minimum absolute atomic E-state index is 0.194. The fourth-order valence-corrected chi connectivity index (χ4v) is 2.56. The number of ketones is 1. The van der Waals surface area contributed by atoms with Crippen LogP contribution in [0.25, 0.3) is 6.08 Å². The van der Waals surface area contributed by atoms with E-state index in [2.05, 4.69) is 0 Å². The van der Waals surface area contributed by atoms with Gasteiger partial charge in [-0.3, -0.25) is 4.79 Å². The summed E-state index contributed by atoms with van der Waals surface area (Å²) in [4.78, 5) is 24.0. The fraction of sp³-hybridized carbons (Fsp3) is 0.222. The Morgan fingerprint density at radius 1 is 1.18 bits per heavy atom. The molecule has 0 unspecified atom stereocenters. The molecule has 0 fully saturated rings. The first kappa shape index (κ1) is 16.2. The first-order chi connectivity index (χ1) is 10.5. The number of hydrogen-bond donors (Lipinski definition) is 0. The van der Waals surface area contributed by atoms with E-state index in [1.54, 1.807) is 30.4 Å². The summed E-state index contributed by atoms with van der Waals surface area (Å²) < 4.78 is 5.16. The molecule has 2 aromatic rings. The van der Waals surface area contributed by atoms with E-state index in [4.69, 9.17) is 4.74 Å². The van der Waals surface area contributed by atoms with Gasteiger partial charge >= 0.3 is 5.97 Å². The molecule has 2 rings (SSSR count). The smallest absolute Gasteiger partial charge is 0.331 e. The Bertz CT molecular complexity index is 699. The summed E-state index contributed by atoms with van der Waals surface area (Å²) >= 11 is 1.55. The second kappa shape index (κ2) is 7.18. The molecular weight excluding hydrogens is 296 g/mol. The molecule has 0 aliphatic rings. The fourth-order valence-electron chi connectivity index (χ4n) is 1.93. The number of benzene rings is 1. The van der Waals surface area contributed by atoms with Gasteiger partial charge < -0.3 is 4.74 Å². The zero-order valence-corrected chi connectivity index (χ0v) is 13.6. The van der Waals surface area contributed by atoms with E-state index >= 15 is 0 Å². The van der Waals surface area contributed by atoms with Crippen molar-refractivity contribution in [2.75, 3.05) is 0 Å². The first-order valence-electron chi connectivity index (χ1n) is 6.99. The summed E-state index contributed by atoms with van der Waals surface area (Å²) in [5.74, 6) is -0.712. The van der Waals surface area contributed by atoms with Crippen LogP contribution in [0.15, 0.2) is 41.1 Å². The van der Waals surface area contributed by atoms with Crippen LogP contribution in [0.1, 0.15) is 34.0 Å². The van der Waals surface area contributed by atoms with Gasteiger partial charge in [-0.15, -0.1) is 0 Å². The number of thiophene rings is 1. The van der Waals surface area contributed by atoms with Crippen molar-refractivity contribution in [1.29, 1.82) is 0 Å². The molecule has 0 aliphatic carbocycles. The van der Waals surface area contributed by atoms with E-state index in [9.17, 15) is 9.59 Å². The first-order valence-corrected chi connectivity index (χ1v) is 7.94. The molecule has 0 saturated heterocycles. The third-order valence-electron chi connectivity index (χ3n) is 3.41. The molecule has 0 amide bonds. The van der Waals surface area contributed by atoms with Crippen molar-refractivity contribution in [1.82, 2.24) is 0 Å². The number of carbonyl (C=O) groups excluding carboxylic acids is 2. The normalized spacial score (nSPS) is 12.3. The monoisotopic (exact) mass is 314 g/mol. The maximum absolute atomic E-state index is 12.3. The van der Waals surface area contributed by atoms with Crippen molar-refractivity contribution >= 4 is 29.2 Å². The van der Waals surface area contributed by atoms with E-state index < -0.39 is 12.1 Å². The molecule has 0 saturated carbocycles. The quantitative estimate of drug-likeness (QED) is 0.472. The SMILES string of the molecule is Cc1ccc(C(=O)[C@H](C)OC(=O)/C=C/c2ccsc2)cc1C. The van der Waals surface area contributed by atoms with Crippen LogP contribution in [-0.4, -0.2) is 17.9 Å². The molecule has 114 valence electrons. The maximum atomic E-state index is 12.3. The highest BCUT2D eigenvalue weighted by Crippen LogP contribution is 2.13. The molecule has 1 atom stereocenters. The van der Waals surface area contributed by atoms with Gasteiger partial charge in [0.2, 0.25) is 5.78 Å². The van der Waals surface area contributed by atoms with Crippen LogP contribution in [0.5, 0.6) is 0 Å². The number of Topliss-reactive ketones (excluding diaryl/α,β-unsaturated/α-hetero) is 1. The Kier molecular flexibility index (Phi) is 5.28. The van der Waals surface area contributed by atoms with E-state index in [1.165, 1.54) is 6.08 Å². The Balaban J connectivity index is 1.98. The van der Waals surface area contributed by atoms with Crippen LogP contribution in [0.2, 0.25) is 0 Å². The number of carbonyl (C=O) groups is 2. The Hall–Kier alpha value is -2.20. The van der Waals surface area contributed by atoms with Gasteiger partial charge in [0.1, 0.15) is 0 Å². The van der Waals surface area contributed by atoms with Crippen LogP contribution in [0.4, 0.5) is 0 Å². The lowest BCUT2D eigenvalue weighted by molar-refractivity contribution is -0.140. The lowest BCUT2D eigenvalue weighted by atomic mass is 10.0. The lowest BCUT2D eigenvalue weighted by Gasteiger charge is -2.12. The van der Waals surface area contributed by atoms with Crippen molar-refractivity contribution in [2.45, 2.75) is 26.9 Å². The lowest BCUT2D eigenvalue weighted by Crippen LogP contribution is -2.23. The highest BCUT2D eigenvalue weighted by atomic mass is 32.1. The van der Waals surface area contributed by atoms with Gasteiger partial charge in [0.05, 0.1) is 0 Å². The molecule has 0 aliphatic heterocycles. The van der Waals surface area contributed by atoms with Crippen molar-refractivity contribution in [3.8, 4) is 0 Å². The van der Waals surface area contributed by atoms with Crippen LogP contribution < -0.4 is 0 Å². The third kappa shape index (κ3) is 4.15. The van der Waals surface area contributed by atoms with Gasteiger partial charge in [-0.05, 0) is 66.4 Å². The van der Waals surface area contributed by atoms with Gasteiger partial charge in [-0.25, -0.2) is 4.79 Å². The summed E-state index contributed by atoms with van der Waals surface area (Å²) in [5.41, 5.74) is 3.67. The Morgan fingerprint density at radius 2 is 1.95 bits per heavy atom. The van der Waals surface area contributed by atoms with E-state index in [0.717, 1.165) is 16.7 Å². The molecule has 4 heteroatoms. The summed E-state index contributed by atoms with van der Waals surface area (Å²) in [6.07, 6.45) is 2.21. The Morgan fingerprint density at radius 3 is 2.59 bits per heavy atom. The topological polar surface area (TPSA) is 43.4 Å². The van der Waals surface area contributed by atoms with Crippen molar-refractivity contribution in [3.05, 3.63) is 63.4 Å². The third-order valence-corrected chi connectivity index (χ3v) is 4.11. The van der Waals surface area contributed by atoms with Crippen molar-refractivity contribution < 1.29 is 14.3 Å². The van der Waals surface area contributed by atoms with Gasteiger partial charge in [0.25, 0.3) is 0 Å². The zero-order chi connectivity index (χ0) is 16.1. The number of rotatable bonds is 5. The molecule has 0 radical (unpaired) electrons. The van der Waals surface area contributed by atoms with Gasteiger partial charge in [-0.2, -0.15) is 11.3 Å². The molecule has 1 heterocycles. The van der Waals surface area contributed by atoms with Crippen LogP contribution in [-0.2, 0) is 9.53 Å². The predicted octanol–water partition coefficient (Wildman–Crippen LogP) is 4.19. The Labute approximate surface area is 134 Å².